The first kappa shape index (κ1) is 35.8. The van der Waals surface area contributed by atoms with E-state index < -0.39 is 33.7 Å². The Bertz CT molecular complexity index is 1430. The van der Waals surface area contributed by atoms with E-state index in [-0.39, 0.29) is 31.6 Å². The summed E-state index contributed by atoms with van der Waals surface area (Å²) in [6.07, 6.45) is 1.24. The molecule has 2 atom stereocenters. The summed E-state index contributed by atoms with van der Waals surface area (Å²) in [5.74, 6) is 0.208. The molecule has 0 radical (unpaired) electrons. The average molecular weight is 649 g/mol. The Hall–Kier alpha value is -3.71. The summed E-state index contributed by atoms with van der Waals surface area (Å²) in [5, 5.41) is 0. The van der Waals surface area contributed by atoms with Crippen molar-refractivity contribution in [3.8, 4) is 11.5 Å². The SMILES string of the molecule is COCCCOc1cc(C(=O)N(C[C@@H]2CN(C(=O)OC(C)(C)C)C[C@H]2N(c2cccc(N)c2)S(C)(=O)=O)C(C)C)ccc1OC. The molecule has 0 unspecified atom stereocenters. The van der Waals surface area contributed by atoms with Crippen molar-refractivity contribution in [3.63, 3.8) is 0 Å². The van der Waals surface area contributed by atoms with E-state index in [1.807, 2.05) is 13.8 Å². The Kier molecular flexibility index (Phi) is 12.0. The van der Waals surface area contributed by atoms with Gasteiger partial charge in [-0.3, -0.25) is 9.10 Å². The van der Waals surface area contributed by atoms with Crippen molar-refractivity contribution in [2.45, 2.75) is 58.7 Å². The highest BCUT2D eigenvalue weighted by Gasteiger charge is 2.44. The number of amides is 2. The second-order valence-corrected chi connectivity index (χ2v) is 14.3. The molecule has 0 aromatic heterocycles. The lowest BCUT2D eigenvalue weighted by Crippen LogP contribution is -2.49. The molecule has 2 N–H and O–H groups in total. The van der Waals surface area contributed by atoms with Crippen LogP contribution >= 0.6 is 0 Å². The van der Waals surface area contributed by atoms with Crippen LogP contribution in [-0.4, -0.2) is 101 Å². The summed E-state index contributed by atoms with van der Waals surface area (Å²) in [7, 11) is -0.685. The van der Waals surface area contributed by atoms with Crippen LogP contribution < -0.4 is 19.5 Å². The van der Waals surface area contributed by atoms with Crippen molar-refractivity contribution in [1.82, 2.24) is 9.80 Å². The zero-order chi connectivity index (χ0) is 33.5. The van der Waals surface area contributed by atoms with Crippen molar-refractivity contribution in [1.29, 1.82) is 0 Å². The summed E-state index contributed by atoms with van der Waals surface area (Å²) in [5.41, 5.74) is 6.46. The first-order valence-electron chi connectivity index (χ1n) is 15.0. The maximum atomic E-state index is 14.0. The van der Waals surface area contributed by atoms with E-state index in [1.165, 1.54) is 16.3 Å². The number of sulfonamides is 1. The largest absolute Gasteiger partial charge is 0.493 e. The minimum Gasteiger partial charge on any atom is -0.493 e. The van der Waals surface area contributed by atoms with Crippen LogP contribution in [0, 0.1) is 5.92 Å². The minimum atomic E-state index is -3.83. The van der Waals surface area contributed by atoms with E-state index in [2.05, 4.69) is 0 Å². The molecule has 250 valence electrons. The summed E-state index contributed by atoms with van der Waals surface area (Å²) in [6.45, 7) is 10.4. The van der Waals surface area contributed by atoms with Crippen LogP contribution in [-0.2, 0) is 19.5 Å². The number of anilines is 2. The van der Waals surface area contributed by atoms with Gasteiger partial charge in [-0.2, -0.15) is 0 Å². The van der Waals surface area contributed by atoms with E-state index >= 15 is 0 Å². The minimum absolute atomic E-state index is 0.0730. The molecule has 12 nitrogen and oxygen atoms in total. The van der Waals surface area contributed by atoms with Gasteiger partial charge in [-0.1, -0.05) is 6.07 Å². The Labute approximate surface area is 267 Å². The predicted molar refractivity (Wildman–Crippen MR) is 174 cm³/mol. The van der Waals surface area contributed by atoms with Gasteiger partial charge in [0, 0.05) is 63.0 Å². The fourth-order valence-corrected chi connectivity index (χ4v) is 6.55. The molecule has 1 aliphatic heterocycles. The first-order valence-corrected chi connectivity index (χ1v) is 16.8. The van der Waals surface area contributed by atoms with Gasteiger partial charge in [0.05, 0.1) is 31.7 Å². The van der Waals surface area contributed by atoms with E-state index in [0.717, 1.165) is 6.26 Å². The third-order valence-electron chi connectivity index (χ3n) is 7.32. The molecule has 2 aromatic rings. The fraction of sp³-hybridized carbons (Fsp3) is 0.562. The second kappa shape index (κ2) is 15.0. The number of carbonyl (C=O) groups is 2. The summed E-state index contributed by atoms with van der Waals surface area (Å²) in [4.78, 5) is 30.5. The first-order chi connectivity index (χ1) is 21.1. The number of likely N-dealkylation sites (tertiary alicyclic amines) is 1. The molecule has 0 aliphatic carbocycles. The quantitative estimate of drug-likeness (QED) is 0.249. The van der Waals surface area contributed by atoms with Gasteiger partial charge in [0.25, 0.3) is 5.91 Å². The van der Waals surface area contributed by atoms with E-state index in [1.54, 1.807) is 75.2 Å². The zero-order valence-electron chi connectivity index (χ0n) is 27.6. The van der Waals surface area contributed by atoms with Gasteiger partial charge in [0.15, 0.2) is 11.5 Å². The van der Waals surface area contributed by atoms with E-state index in [4.69, 9.17) is 24.7 Å². The monoisotopic (exact) mass is 648 g/mol. The lowest BCUT2D eigenvalue weighted by atomic mass is 10.0. The van der Waals surface area contributed by atoms with Crippen LogP contribution in [0.25, 0.3) is 0 Å². The molecule has 1 aliphatic rings. The molecule has 0 saturated carbocycles. The van der Waals surface area contributed by atoms with Crippen molar-refractivity contribution >= 4 is 33.4 Å². The molecule has 45 heavy (non-hydrogen) atoms. The smallest absolute Gasteiger partial charge is 0.410 e. The summed E-state index contributed by atoms with van der Waals surface area (Å²) >= 11 is 0. The molecule has 1 fully saturated rings. The maximum absolute atomic E-state index is 14.0. The number of methoxy groups -OCH3 is 2. The van der Waals surface area contributed by atoms with Crippen molar-refractivity contribution < 1.29 is 37.0 Å². The molecule has 0 bridgehead atoms. The number of benzene rings is 2. The normalized spacial score (nSPS) is 16.9. The van der Waals surface area contributed by atoms with Crippen LogP contribution in [0.1, 0.15) is 51.4 Å². The molecule has 0 spiro atoms. The van der Waals surface area contributed by atoms with Crippen LogP contribution in [0.4, 0.5) is 16.2 Å². The Morgan fingerprint density at radius 1 is 1.04 bits per heavy atom. The second-order valence-electron chi connectivity index (χ2n) is 12.5. The molecular weight excluding hydrogens is 600 g/mol. The van der Waals surface area contributed by atoms with Crippen molar-refractivity contribution in [3.05, 3.63) is 48.0 Å². The molecule has 1 heterocycles. The lowest BCUT2D eigenvalue weighted by molar-refractivity contribution is 0.0284. The highest BCUT2D eigenvalue weighted by atomic mass is 32.2. The van der Waals surface area contributed by atoms with Gasteiger partial charge in [-0.05, 0) is 71.0 Å². The number of nitrogens with zero attached hydrogens (tertiary/aromatic N) is 3. The molecule has 13 heteroatoms. The number of hydrogen-bond acceptors (Lipinski definition) is 9. The number of ether oxygens (including phenoxy) is 4. The van der Waals surface area contributed by atoms with Crippen LogP contribution in [0.3, 0.4) is 0 Å². The van der Waals surface area contributed by atoms with Gasteiger partial charge in [0.2, 0.25) is 10.0 Å². The lowest BCUT2D eigenvalue weighted by Gasteiger charge is -2.36. The standard InChI is InChI=1S/C32H48N4O8S/c1-22(2)35(30(37)23-13-14-28(42-7)29(17-23)43-16-10-15-41-6)20-24-19-34(31(38)44-32(3,4)5)21-27(24)36(45(8,39)40)26-12-9-11-25(33)18-26/h9,11-14,17-18,22,24,27H,10,15-16,19-21,33H2,1-8H3/t24-,27+/m0/s1. The van der Waals surface area contributed by atoms with Gasteiger partial charge in [0.1, 0.15) is 5.60 Å². The van der Waals surface area contributed by atoms with Gasteiger partial charge < -0.3 is 34.5 Å². The fourth-order valence-electron chi connectivity index (χ4n) is 5.32. The van der Waals surface area contributed by atoms with Crippen LogP contribution in [0.2, 0.25) is 0 Å². The zero-order valence-corrected chi connectivity index (χ0v) is 28.4. The van der Waals surface area contributed by atoms with Crippen LogP contribution in [0.5, 0.6) is 11.5 Å². The van der Waals surface area contributed by atoms with Crippen LogP contribution in [0.15, 0.2) is 42.5 Å². The third-order valence-corrected chi connectivity index (χ3v) is 8.51. The van der Waals surface area contributed by atoms with Gasteiger partial charge >= 0.3 is 6.09 Å². The van der Waals surface area contributed by atoms with E-state index in [9.17, 15) is 18.0 Å². The summed E-state index contributed by atoms with van der Waals surface area (Å²) in [6, 6.07) is 10.7. The van der Waals surface area contributed by atoms with Gasteiger partial charge in [-0.15, -0.1) is 0 Å². The highest BCUT2D eigenvalue weighted by Crippen LogP contribution is 2.33. The number of rotatable bonds is 13. The molecular formula is C32H48N4O8S. The van der Waals surface area contributed by atoms with Gasteiger partial charge in [-0.25, -0.2) is 13.2 Å². The predicted octanol–water partition coefficient (Wildman–Crippen LogP) is 4.25. The van der Waals surface area contributed by atoms with Crippen molar-refractivity contribution in [2.24, 2.45) is 5.92 Å². The number of carbonyl (C=O) groups excluding carboxylic acids is 2. The Morgan fingerprint density at radius 3 is 2.33 bits per heavy atom. The molecule has 3 rings (SSSR count). The average Bonchev–Trinajstić information content (AvgIpc) is 3.35. The topological polar surface area (TPSA) is 141 Å². The Balaban J connectivity index is 1.99. The number of nitrogen functional groups attached to an aromatic ring is 1. The number of hydrogen-bond donors (Lipinski definition) is 1. The maximum Gasteiger partial charge on any atom is 0.410 e. The molecule has 1 saturated heterocycles. The summed E-state index contributed by atoms with van der Waals surface area (Å²) < 4.78 is 50.0. The van der Waals surface area contributed by atoms with E-state index in [0.29, 0.717) is 48.1 Å². The molecule has 2 aromatic carbocycles. The highest BCUT2D eigenvalue weighted by molar-refractivity contribution is 7.92. The third kappa shape index (κ3) is 9.64. The Morgan fingerprint density at radius 2 is 1.76 bits per heavy atom. The van der Waals surface area contributed by atoms with Crippen molar-refractivity contribution in [2.75, 3.05) is 63.4 Å². The molecule has 2 amide bonds. The number of nitrogens with two attached hydrogens (primary N) is 1.